The Kier molecular flexibility index (Phi) is 3.97. The second-order valence-electron chi connectivity index (χ2n) is 4.58. The predicted molar refractivity (Wildman–Crippen MR) is 70.7 cm³/mol. The molecule has 21 heavy (non-hydrogen) atoms. The summed E-state index contributed by atoms with van der Waals surface area (Å²) in [6, 6.07) is 7.71. The molecule has 0 bridgehead atoms. The van der Waals surface area contributed by atoms with E-state index in [4.69, 9.17) is 5.11 Å². The molecule has 0 saturated heterocycles. The topological polar surface area (TPSA) is 50.2 Å². The Morgan fingerprint density at radius 1 is 1.19 bits per heavy atom. The van der Waals surface area contributed by atoms with E-state index >= 15 is 0 Å². The van der Waals surface area contributed by atoms with E-state index < -0.39 is 23.6 Å². The van der Waals surface area contributed by atoms with Gasteiger partial charge in [-0.05, 0) is 30.7 Å². The number of carboxylic acid groups (broad SMARTS) is 1. The molecule has 110 valence electrons. The van der Waals surface area contributed by atoms with E-state index in [2.05, 4.69) is 4.98 Å². The number of halogens is 3. The SMILES string of the molecule is CC(C(=O)O)c1cccnc1-c1ccc(C(F)(F)F)cc1. The Balaban J connectivity index is 2.45. The van der Waals surface area contributed by atoms with Gasteiger partial charge in [0.15, 0.2) is 0 Å². The molecule has 0 fully saturated rings. The van der Waals surface area contributed by atoms with Crippen LogP contribution in [0.1, 0.15) is 24.0 Å². The van der Waals surface area contributed by atoms with Crippen LogP contribution >= 0.6 is 0 Å². The Hall–Kier alpha value is -2.37. The molecule has 0 aliphatic carbocycles. The van der Waals surface area contributed by atoms with Crippen LogP contribution in [0.4, 0.5) is 13.2 Å². The number of carbonyl (C=O) groups is 1. The molecular weight excluding hydrogens is 283 g/mol. The molecule has 1 atom stereocenters. The van der Waals surface area contributed by atoms with Gasteiger partial charge in [-0.15, -0.1) is 0 Å². The summed E-state index contributed by atoms with van der Waals surface area (Å²) >= 11 is 0. The van der Waals surface area contributed by atoms with Gasteiger partial charge in [-0.1, -0.05) is 18.2 Å². The van der Waals surface area contributed by atoms with Crippen molar-refractivity contribution in [2.45, 2.75) is 19.0 Å². The summed E-state index contributed by atoms with van der Waals surface area (Å²) in [5.74, 6) is -1.81. The largest absolute Gasteiger partial charge is 0.481 e. The minimum atomic E-state index is -4.40. The smallest absolute Gasteiger partial charge is 0.416 e. The van der Waals surface area contributed by atoms with Crippen molar-refractivity contribution in [3.8, 4) is 11.3 Å². The third-order valence-corrected chi connectivity index (χ3v) is 3.16. The van der Waals surface area contributed by atoms with Gasteiger partial charge in [-0.2, -0.15) is 13.2 Å². The minimum Gasteiger partial charge on any atom is -0.481 e. The third-order valence-electron chi connectivity index (χ3n) is 3.16. The van der Waals surface area contributed by atoms with E-state index in [1.807, 2.05) is 0 Å². The van der Waals surface area contributed by atoms with Crippen LogP contribution in [0.25, 0.3) is 11.3 Å². The van der Waals surface area contributed by atoms with Crippen LogP contribution < -0.4 is 0 Å². The summed E-state index contributed by atoms with van der Waals surface area (Å²) in [4.78, 5) is 15.2. The molecular formula is C15H12F3NO2. The van der Waals surface area contributed by atoms with Gasteiger partial charge >= 0.3 is 12.1 Å². The van der Waals surface area contributed by atoms with Gasteiger partial charge in [0.05, 0.1) is 17.2 Å². The Labute approximate surface area is 119 Å². The molecule has 0 aliphatic rings. The fraction of sp³-hybridized carbons (Fsp3) is 0.200. The molecule has 3 nitrogen and oxygen atoms in total. The number of rotatable bonds is 3. The lowest BCUT2D eigenvalue weighted by molar-refractivity contribution is -0.138. The van der Waals surface area contributed by atoms with Crippen molar-refractivity contribution >= 4 is 5.97 Å². The van der Waals surface area contributed by atoms with Crippen LogP contribution in [0.15, 0.2) is 42.6 Å². The Bertz CT molecular complexity index is 651. The van der Waals surface area contributed by atoms with Crippen LogP contribution in [-0.4, -0.2) is 16.1 Å². The molecule has 1 unspecified atom stereocenters. The van der Waals surface area contributed by atoms with Crippen LogP contribution in [0, 0.1) is 0 Å². The first-order chi connectivity index (χ1) is 9.80. The lowest BCUT2D eigenvalue weighted by Crippen LogP contribution is -2.09. The molecule has 2 aromatic rings. The zero-order chi connectivity index (χ0) is 15.6. The lowest BCUT2D eigenvalue weighted by Gasteiger charge is -2.13. The predicted octanol–water partition coefficient (Wildman–Crippen LogP) is 3.96. The summed E-state index contributed by atoms with van der Waals surface area (Å²) in [6.07, 6.45) is -2.93. The third kappa shape index (κ3) is 3.21. The first-order valence-corrected chi connectivity index (χ1v) is 6.16. The normalized spacial score (nSPS) is 13.0. The summed E-state index contributed by atoms with van der Waals surface area (Å²) in [5.41, 5.74) is 0.535. The first kappa shape index (κ1) is 15.0. The molecule has 6 heteroatoms. The quantitative estimate of drug-likeness (QED) is 0.932. The Morgan fingerprint density at radius 3 is 2.33 bits per heavy atom. The maximum absolute atomic E-state index is 12.5. The number of hydrogen-bond donors (Lipinski definition) is 1. The van der Waals surface area contributed by atoms with Crippen molar-refractivity contribution in [2.75, 3.05) is 0 Å². The standard InChI is InChI=1S/C15H12F3NO2/c1-9(14(20)21)12-3-2-8-19-13(12)10-4-6-11(7-5-10)15(16,17)18/h2-9H,1H3,(H,20,21). The molecule has 1 aromatic carbocycles. The number of hydrogen-bond acceptors (Lipinski definition) is 2. The number of nitrogens with zero attached hydrogens (tertiary/aromatic N) is 1. The Morgan fingerprint density at radius 2 is 1.81 bits per heavy atom. The minimum absolute atomic E-state index is 0.376. The van der Waals surface area contributed by atoms with Gasteiger partial charge in [-0.3, -0.25) is 9.78 Å². The van der Waals surface area contributed by atoms with E-state index in [9.17, 15) is 18.0 Å². The average molecular weight is 295 g/mol. The zero-order valence-corrected chi connectivity index (χ0v) is 11.1. The van der Waals surface area contributed by atoms with Crippen LogP contribution in [0.3, 0.4) is 0 Å². The number of carboxylic acids is 1. The molecule has 0 amide bonds. The van der Waals surface area contributed by atoms with E-state index in [0.717, 1.165) is 12.1 Å². The van der Waals surface area contributed by atoms with Gasteiger partial charge in [0.2, 0.25) is 0 Å². The second kappa shape index (κ2) is 5.55. The van der Waals surface area contributed by atoms with Gasteiger partial charge in [0.1, 0.15) is 0 Å². The number of benzene rings is 1. The lowest BCUT2D eigenvalue weighted by atomic mass is 9.95. The number of alkyl halides is 3. The number of pyridine rings is 1. The highest BCUT2D eigenvalue weighted by Gasteiger charge is 2.30. The number of aliphatic carboxylic acids is 1. The molecule has 0 radical (unpaired) electrons. The van der Waals surface area contributed by atoms with E-state index in [0.29, 0.717) is 16.8 Å². The highest BCUT2D eigenvalue weighted by atomic mass is 19.4. The van der Waals surface area contributed by atoms with Gasteiger partial charge in [0, 0.05) is 11.8 Å². The van der Waals surface area contributed by atoms with Crippen LogP contribution in [0.2, 0.25) is 0 Å². The van der Waals surface area contributed by atoms with Crippen molar-refractivity contribution in [2.24, 2.45) is 0 Å². The summed E-state index contributed by atoms with van der Waals surface area (Å²) in [5, 5.41) is 9.08. The van der Waals surface area contributed by atoms with Crippen molar-refractivity contribution in [3.63, 3.8) is 0 Å². The van der Waals surface area contributed by atoms with Gasteiger partial charge < -0.3 is 5.11 Å². The fourth-order valence-corrected chi connectivity index (χ4v) is 1.96. The number of aromatic nitrogens is 1. The molecule has 2 rings (SSSR count). The summed E-state index contributed by atoms with van der Waals surface area (Å²) in [6.45, 7) is 1.51. The zero-order valence-electron chi connectivity index (χ0n) is 11.1. The highest BCUT2D eigenvalue weighted by Crippen LogP contribution is 2.32. The van der Waals surface area contributed by atoms with Crippen molar-refractivity contribution in [1.29, 1.82) is 0 Å². The summed E-state index contributed by atoms with van der Waals surface area (Å²) in [7, 11) is 0. The van der Waals surface area contributed by atoms with Gasteiger partial charge in [0.25, 0.3) is 0 Å². The molecule has 0 spiro atoms. The molecule has 0 saturated carbocycles. The van der Waals surface area contributed by atoms with Crippen LogP contribution in [0.5, 0.6) is 0 Å². The van der Waals surface area contributed by atoms with E-state index in [1.165, 1.54) is 25.3 Å². The average Bonchev–Trinajstić information content (AvgIpc) is 2.45. The molecule has 1 heterocycles. The van der Waals surface area contributed by atoms with E-state index in [1.54, 1.807) is 12.1 Å². The fourth-order valence-electron chi connectivity index (χ4n) is 1.96. The molecule has 0 aliphatic heterocycles. The van der Waals surface area contributed by atoms with Crippen molar-refractivity contribution < 1.29 is 23.1 Å². The first-order valence-electron chi connectivity index (χ1n) is 6.16. The van der Waals surface area contributed by atoms with Crippen molar-refractivity contribution in [3.05, 3.63) is 53.7 Å². The molecule has 1 N–H and O–H groups in total. The van der Waals surface area contributed by atoms with Crippen molar-refractivity contribution in [1.82, 2.24) is 4.98 Å². The second-order valence-corrected chi connectivity index (χ2v) is 4.58. The monoisotopic (exact) mass is 295 g/mol. The maximum atomic E-state index is 12.5. The van der Waals surface area contributed by atoms with Gasteiger partial charge in [-0.25, -0.2) is 0 Å². The maximum Gasteiger partial charge on any atom is 0.416 e. The molecule has 1 aromatic heterocycles. The van der Waals surface area contributed by atoms with Crippen LogP contribution in [-0.2, 0) is 11.0 Å². The summed E-state index contributed by atoms with van der Waals surface area (Å²) < 4.78 is 37.6. The highest BCUT2D eigenvalue weighted by molar-refractivity contribution is 5.79. The van der Waals surface area contributed by atoms with E-state index in [-0.39, 0.29) is 0 Å².